The lowest BCUT2D eigenvalue weighted by Crippen LogP contribution is -2.23. The first-order valence-corrected chi connectivity index (χ1v) is 8.53. The number of aromatic hydroxyl groups is 2. The zero-order valence-electron chi connectivity index (χ0n) is 13.7. The molecule has 1 aliphatic carbocycles. The highest BCUT2D eigenvalue weighted by Gasteiger charge is 2.34. The Kier molecular flexibility index (Phi) is 4.07. The zero-order chi connectivity index (χ0) is 18.4. The third kappa shape index (κ3) is 2.36. The number of aliphatic hydroxyl groups is 1. The van der Waals surface area contributed by atoms with Crippen LogP contribution < -0.4 is 5.32 Å². The number of phenols is 2. The first-order chi connectivity index (χ1) is 12.5. The number of carbonyl (C=O) groups is 1. The number of hydrogen-bond donors (Lipinski definition) is 4. The lowest BCUT2D eigenvalue weighted by molar-refractivity contribution is 0.103. The van der Waals surface area contributed by atoms with Gasteiger partial charge in [-0.2, -0.15) is 5.10 Å². The summed E-state index contributed by atoms with van der Waals surface area (Å²) in [6, 6.07) is 6.03. The highest BCUT2D eigenvalue weighted by molar-refractivity contribution is 6.39. The molecule has 3 aromatic rings. The van der Waals surface area contributed by atoms with Crippen molar-refractivity contribution in [1.82, 2.24) is 15.1 Å². The molecule has 0 unspecified atom stereocenters. The normalized spacial score (nSPS) is 12.6. The third-order valence-electron chi connectivity index (χ3n) is 4.51. The van der Waals surface area contributed by atoms with Crippen molar-refractivity contribution in [3.05, 3.63) is 40.4 Å². The number of nitrogens with one attached hydrogen (secondary N) is 1. The van der Waals surface area contributed by atoms with Crippen LogP contribution in [0.1, 0.15) is 15.9 Å². The van der Waals surface area contributed by atoms with Crippen molar-refractivity contribution in [1.29, 1.82) is 0 Å². The number of carbonyl (C=O) groups excluding carboxylic acids is 1. The van der Waals surface area contributed by atoms with Gasteiger partial charge in [-0.1, -0.05) is 11.6 Å². The highest BCUT2D eigenvalue weighted by atomic mass is 35.5. The largest absolute Gasteiger partial charge is 0.507 e. The number of phenolic OH excluding ortho intramolecular Hbond substituents is 2. The van der Waals surface area contributed by atoms with Gasteiger partial charge in [0.25, 0.3) is 0 Å². The highest BCUT2D eigenvalue weighted by Crippen LogP contribution is 2.47. The Labute approximate surface area is 153 Å². The minimum Gasteiger partial charge on any atom is -0.507 e. The third-order valence-corrected chi connectivity index (χ3v) is 4.82. The second-order valence-electron chi connectivity index (χ2n) is 6.04. The molecule has 134 valence electrons. The maximum Gasteiger partial charge on any atom is 0.199 e. The van der Waals surface area contributed by atoms with Crippen LogP contribution in [0.5, 0.6) is 11.5 Å². The van der Waals surface area contributed by atoms with E-state index in [1.54, 1.807) is 16.8 Å². The van der Waals surface area contributed by atoms with Crippen molar-refractivity contribution in [3.8, 4) is 22.8 Å². The van der Waals surface area contributed by atoms with Crippen LogP contribution in [0, 0.1) is 0 Å². The van der Waals surface area contributed by atoms with Gasteiger partial charge in [0.2, 0.25) is 0 Å². The van der Waals surface area contributed by atoms with E-state index >= 15 is 0 Å². The van der Waals surface area contributed by atoms with Crippen LogP contribution in [0.2, 0.25) is 5.02 Å². The van der Waals surface area contributed by atoms with Crippen molar-refractivity contribution in [2.45, 2.75) is 6.54 Å². The molecule has 0 fully saturated rings. The lowest BCUT2D eigenvalue weighted by atomic mass is 9.86. The van der Waals surface area contributed by atoms with Gasteiger partial charge >= 0.3 is 0 Å². The maximum absolute atomic E-state index is 13.0. The Morgan fingerprint density at radius 2 is 1.77 bits per heavy atom. The molecule has 1 aliphatic rings. The van der Waals surface area contributed by atoms with E-state index in [1.807, 2.05) is 0 Å². The molecule has 4 N–H and O–H groups in total. The van der Waals surface area contributed by atoms with Crippen LogP contribution >= 0.6 is 11.6 Å². The number of halogens is 1. The molecule has 2 aromatic carbocycles. The monoisotopic (exact) mass is 373 g/mol. The van der Waals surface area contributed by atoms with E-state index in [-0.39, 0.29) is 39.8 Å². The van der Waals surface area contributed by atoms with Gasteiger partial charge < -0.3 is 20.6 Å². The average Bonchev–Trinajstić information content (AvgIpc) is 2.98. The number of ketones is 1. The van der Waals surface area contributed by atoms with Crippen molar-refractivity contribution >= 4 is 28.3 Å². The number of aliphatic hydroxyl groups excluding tert-OH is 1. The second kappa shape index (κ2) is 6.28. The molecule has 7 nitrogen and oxygen atoms in total. The van der Waals surface area contributed by atoms with Gasteiger partial charge in [0, 0.05) is 18.5 Å². The molecule has 0 radical (unpaired) electrons. The van der Waals surface area contributed by atoms with Crippen molar-refractivity contribution in [3.63, 3.8) is 0 Å². The van der Waals surface area contributed by atoms with Gasteiger partial charge in [-0.15, -0.1) is 0 Å². The molecule has 8 heteroatoms. The second-order valence-corrected chi connectivity index (χ2v) is 6.45. The number of hydrogen-bond acceptors (Lipinski definition) is 6. The zero-order valence-corrected chi connectivity index (χ0v) is 14.4. The van der Waals surface area contributed by atoms with Gasteiger partial charge in [-0.25, -0.2) is 0 Å². The van der Waals surface area contributed by atoms with Crippen LogP contribution in [0.25, 0.3) is 22.2 Å². The predicted molar refractivity (Wildman–Crippen MR) is 96.9 cm³/mol. The molecular weight excluding hydrogens is 358 g/mol. The molecule has 0 amide bonds. The van der Waals surface area contributed by atoms with Gasteiger partial charge in [-0.3, -0.25) is 9.48 Å². The Balaban J connectivity index is 1.96. The quantitative estimate of drug-likeness (QED) is 0.314. The maximum atomic E-state index is 13.0. The van der Waals surface area contributed by atoms with Crippen molar-refractivity contribution in [2.24, 2.45) is 0 Å². The fraction of sp³-hybridized carbons (Fsp3) is 0.222. The summed E-state index contributed by atoms with van der Waals surface area (Å²) in [4.78, 5) is 13.0. The number of nitrogens with zero attached hydrogens (tertiary/aromatic N) is 2. The van der Waals surface area contributed by atoms with Gasteiger partial charge in [0.05, 0.1) is 40.4 Å². The van der Waals surface area contributed by atoms with Gasteiger partial charge in [0.1, 0.15) is 17.2 Å². The predicted octanol–water partition coefficient (Wildman–Crippen LogP) is 1.89. The SMILES string of the molecule is O=C1c2c(O)ccc(O)c2-c2nn(CCNCCO)c3ccc(Cl)c1c23. The molecule has 0 saturated carbocycles. The Morgan fingerprint density at radius 3 is 2.50 bits per heavy atom. The van der Waals surface area contributed by atoms with Gasteiger partial charge in [-0.05, 0) is 24.3 Å². The fourth-order valence-electron chi connectivity index (χ4n) is 3.38. The average molecular weight is 374 g/mol. The van der Waals surface area contributed by atoms with E-state index in [0.717, 1.165) is 0 Å². The summed E-state index contributed by atoms with van der Waals surface area (Å²) in [5.41, 5.74) is 1.64. The van der Waals surface area contributed by atoms with E-state index in [2.05, 4.69) is 10.4 Å². The molecule has 0 atom stereocenters. The molecule has 26 heavy (non-hydrogen) atoms. The van der Waals surface area contributed by atoms with Gasteiger partial charge in [0.15, 0.2) is 5.78 Å². The summed E-state index contributed by atoms with van der Waals surface area (Å²) < 4.78 is 1.72. The molecule has 1 aromatic heterocycles. The van der Waals surface area contributed by atoms with Crippen LogP contribution in [0.15, 0.2) is 24.3 Å². The topological polar surface area (TPSA) is 108 Å². The Morgan fingerprint density at radius 1 is 1.04 bits per heavy atom. The van der Waals surface area contributed by atoms with Crippen molar-refractivity contribution < 1.29 is 20.1 Å². The summed E-state index contributed by atoms with van der Waals surface area (Å²) >= 11 is 6.28. The van der Waals surface area contributed by atoms with E-state index in [4.69, 9.17) is 16.7 Å². The van der Waals surface area contributed by atoms with Crippen molar-refractivity contribution in [2.75, 3.05) is 19.7 Å². The van der Waals surface area contributed by atoms with Crippen LogP contribution in [0.3, 0.4) is 0 Å². The Bertz CT molecular complexity index is 1040. The molecule has 0 saturated heterocycles. The molecule has 0 spiro atoms. The smallest absolute Gasteiger partial charge is 0.199 e. The summed E-state index contributed by atoms with van der Waals surface area (Å²) in [6.07, 6.45) is 0. The van der Waals surface area contributed by atoms with E-state index in [0.29, 0.717) is 36.2 Å². The first-order valence-electron chi connectivity index (χ1n) is 8.15. The fourth-order valence-corrected chi connectivity index (χ4v) is 3.62. The van der Waals surface area contributed by atoms with E-state index in [1.165, 1.54) is 12.1 Å². The minimum absolute atomic E-state index is 0.00977. The number of aromatic nitrogens is 2. The number of rotatable bonds is 5. The molecule has 0 aliphatic heterocycles. The standard InChI is InChI=1S/C18H16ClN3O4/c19-9-1-2-10-14-13(9)18(26)16-12(25)4-3-11(24)15(16)17(14)21-22(10)7-5-20-6-8-23/h1-4,20,23-25H,5-8H2. The van der Waals surface area contributed by atoms with E-state index < -0.39 is 5.78 Å². The first kappa shape index (κ1) is 16.8. The minimum atomic E-state index is -0.436. The van der Waals surface area contributed by atoms with Crippen LogP contribution in [-0.4, -0.2) is 50.6 Å². The molecule has 4 rings (SSSR count). The van der Waals surface area contributed by atoms with E-state index in [9.17, 15) is 15.0 Å². The summed E-state index contributed by atoms with van der Waals surface area (Å²) in [5, 5.41) is 37.8. The number of benzene rings is 2. The lowest BCUT2D eigenvalue weighted by Gasteiger charge is -2.17. The molecular formula is C18H16ClN3O4. The molecule has 0 bridgehead atoms. The number of fused-ring (bicyclic) bond motifs is 2. The van der Waals surface area contributed by atoms with Crippen LogP contribution in [0.4, 0.5) is 0 Å². The summed E-state index contributed by atoms with van der Waals surface area (Å²) in [6.45, 7) is 1.58. The Hall–Kier alpha value is -2.61. The molecule has 1 heterocycles. The van der Waals surface area contributed by atoms with Crippen LogP contribution in [-0.2, 0) is 6.54 Å². The summed E-state index contributed by atoms with van der Waals surface area (Å²) in [7, 11) is 0. The summed E-state index contributed by atoms with van der Waals surface area (Å²) in [5.74, 6) is -0.781.